The van der Waals surface area contributed by atoms with E-state index in [0.29, 0.717) is 0 Å². The molecule has 2 fully saturated rings. The first-order chi connectivity index (χ1) is 9.29. The first-order valence-electron chi connectivity index (χ1n) is 6.00. The maximum Gasteiger partial charge on any atom is 1.00 e. The summed E-state index contributed by atoms with van der Waals surface area (Å²) < 4.78 is 25.0. The van der Waals surface area contributed by atoms with E-state index in [0.717, 1.165) is 4.90 Å². The molecule has 8 nitrogen and oxygen atoms in total. The van der Waals surface area contributed by atoms with Crippen LogP contribution < -0.4 is 34.7 Å². The second kappa shape index (κ2) is 5.08. The van der Waals surface area contributed by atoms with Gasteiger partial charge in [-0.05, 0) is 6.92 Å². The van der Waals surface area contributed by atoms with E-state index in [-0.39, 0.29) is 42.5 Å². The summed E-state index contributed by atoms with van der Waals surface area (Å²) in [5.41, 5.74) is 0. The molecule has 0 spiro atoms. The minimum atomic E-state index is -3.80. The molecule has 108 valence electrons. The maximum atomic E-state index is 12.5. The van der Waals surface area contributed by atoms with Gasteiger partial charge in [0.15, 0.2) is 9.84 Å². The number of carboxylic acid groups (broad SMARTS) is 1. The Morgan fingerprint density at radius 2 is 2.24 bits per heavy atom. The minimum absolute atomic E-state index is 0. The summed E-state index contributed by atoms with van der Waals surface area (Å²) in [5, 5.41) is 10.3. The van der Waals surface area contributed by atoms with Crippen molar-refractivity contribution in [3.8, 4) is 0 Å². The second-order valence-corrected chi connectivity index (χ2v) is 7.84. The van der Waals surface area contributed by atoms with Crippen LogP contribution in [-0.2, 0) is 26.0 Å². The summed E-state index contributed by atoms with van der Waals surface area (Å²) in [4.78, 5) is 27.7. The van der Waals surface area contributed by atoms with Crippen LogP contribution in [0.5, 0.6) is 0 Å². The standard InChI is InChI=1S/C11H13N3O5S.Na/c1-11(5-13-3-2-12-6-13)9(10(16)17)14-7(15)4-8(14)20(11,18)19;/h2-3,6,8-9H,4-5H2,1H3,(H,16,17);/q;+1/p-1/t8-,9-,11-;/m0./s1. The van der Waals surface area contributed by atoms with E-state index in [9.17, 15) is 23.1 Å². The number of carbonyl (C=O) groups excluding carboxylic acids is 2. The molecule has 3 heterocycles. The number of fused-ring (bicyclic) bond motifs is 1. The third kappa shape index (κ3) is 2.06. The zero-order valence-corrected chi connectivity index (χ0v) is 14.4. The molecular weight excluding hydrogens is 309 g/mol. The summed E-state index contributed by atoms with van der Waals surface area (Å²) in [6, 6.07) is -1.47. The molecule has 1 aromatic rings. The predicted molar refractivity (Wildman–Crippen MR) is 63.6 cm³/mol. The molecule has 2 saturated heterocycles. The van der Waals surface area contributed by atoms with Gasteiger partial charge in [-0.2, -0.15) is 0 Å². The Morgan fingerprint density at radius 3 is 2.71 bits per heavy atom. The van der Waals surface area contributed by atoms with Gasteiger partial charge in [-0.25, -0.2) is 13.4 Å². The molecule has 2 aliphatic heterocycles. The van der Waals surface area contributed by atoms with Gasteiger partial charge in [0.2, 0.25) is 5.91 Å². The summed E-state index contributed by atoms with van der Waals surface area (Å²) in [5.74, 6) is -2.02. The Labute approximate surface area is 143 Å². The van der Waals surface area contributed by atoms with E-state index in [2.05, 4.69) is 4.98 Å². The van der Waals surface area contributed by atoms with E-state index in [1.807, 2.05) is 0 Å². The van der Waals surface area contributed by atoms with Gasteiger partial charge in [-0.15, -0.1) is 0 Å². The number of hydrogen-bond acceptors (Lipinski definition) is 6. The normalized spacial score (nSPS) is 33.0. The van der Waals surface area contributed by atoms with E-state index >= 15 is 0 Å². The number of imidazole rings is 1. The first-order valence-corrected chi connectivity index (χ1v) is 7.55. The summed E-state index contributed by atoms with van der Waals surface area (Å²) >= 11 is 0. The molecule has 0 saturated carbocycles. The Kier molecular flexibility index (Phi) is 3.98. The number of aliphatic carboxylic acids is 1. The molecule has 2 aliphatic rings. The van der Waals surface area contributed by atoms with Crippen molar-refractivity contribution < 1.29 is 52.7 Å². The van der Waals surface area contributed by atoms with Gasteiger partial charge in [-0.1, -0.05) is 0 Å². The average Bonchev–Trinajstić information content (AvgIpc) is 2.87. The van der Waals surface area contributed by atoms with Crippen LogP contribution in [-0.4, -0.2) is 50.9 Å². The Balaban J connectivity index is 0.00000161. The maximum absolute atomic E-state index is 12.5. The molecule has 21 heavy (non-hydrogen) atoms. The van der Waals surface area contributed by atoms with E-state index in [1.54, 1.807) is 6.20 Å². The fourth-order valence-electron chi connectivity index (χ4n) is 3.01. The van der Waals surface area contributed by atoms with Gasteiger partial charge in [-0.3, -0.25) is 4.79 Å². The fraction of sp³-hybridized carbons (Fsp3) is 0.545. The molecule has 10 heteroatoms. The number of hydrogen-bond donors (Lipinski definition) is 0. The van der Waals surface area contributed by atoms with Crippen molar-refractivity contribution in [1.82, 2.24) is 14.5 Å². The summed E-state index contributed by atoms with van der Waals surface area (Å²) in [6.45, 7) is 1.25. The van der Waals surface area contributed by atoms with Crippen molar-refractivity contribution in [2.24, 2.45) is 0 Å². The molecule has 0 N–H and O–H groups in total. The van der Waals surface area contributed by atoms with Crippen LogP contribution in [0.2, 0.25) is 0 Å². The van der Waals surface area contributed by atoms with E-state index in [1.165, 1.54) is 24.0 Å². The van der Waals surface area contributed by atoms with Gasteiger partial charge in [0, 0.05) is 18.9 Å². The van der Waals surface area contributed by atoms with Crippen LogP contribution in [0, 0.1) is 0 Å². The van der Waals surface area contributed by atoms with Gasteiger partial charge in [0.05, 0.1) is 24.8 Å². The van der Waals surface area contributed by atoms with Crippen molar-refractivity contribution in [1.29, 1.82) is 0 Å². The quantitative estimate of drug-likeness (QED) is 0.406. The zero-order chi connectivity index (χ0) is 14.7. The van der Waals surface area contributed by atoms with Crippen molar-refractivity contribution in [2.75, 3.05) is 0 Å². The molecule has 1 aromatic heterocycles. The molecule has 3 rings (SSSR count). The third-order valence-corrected chi connectivity index (χ3v) is 6.85. The largest absolute Gasteiger partial charge is 1.00 e. The second-order valence-electron chi connectivity index (χ2n) is 5.27. The molecule has 3 atom stereocenters. The average molecular weight is 321 g/mol. The van der Waals surface area contributed by atoms with Crippen molar-refractivity contribution in [2.45, 2.75) is 36.1 Å². The Hall–Kier alpha value is -0.900. The van der Waals surface area contributed by atoms with Crippen molar-refractivity contribution in [3.63, 3.8) is 0 Å². The summed E-state index contributed by atoms with van der Waals surface area (Å²) in [7, 11) is -3.80. The smallest absolute Gasteiger partial charge is 0.548 e. The molecule has 0 unspecified atom stereocenters. The molecule has 0 bridgehead atoms. The molecular formula is C11H12N3NaO5S. The molecule has 0 aliphatic carbocycles. The zero-order valence-electron chi connectivity index (χ0n) is 11.6. The SMILES string of the molecule is C[C@]1(Cn2ccnc2)[C@H](C(=O)[O-])N2C(=O)C[C@@H]2S1(=O)=O.[Na+]. The van der Waals surface area contributed by atoms with Gasteiger partial charge >= 0.3 is 29.6 Å². The van der Waals surface area contributed by atoms with Gasteiger partial charge in [0.25, 0.3) is 0 Å². The van der Waals surface area contributed by atoms with Gasteiger partial charge < -0.3 is 19.4 Å². The van der Waals surface area contributed by atoms with Crippen molar-refractivity contribution in [3.05, 3.63) is 18.7 Å². The topological polar surface area (TPSA) is 112 Å². The number of β-lactam (4-membered cyclic amide) rings is 1. The molecule has 1 amide bonds. The number of sulfone groups is 1. The first kappa shape index (κ1) is 16.5. The Bertz CT molecular complexity index is 689. The van der Waals surface area contributed by atoms with Gasteiger partial charge in [0.1, 0.15) is 10.1 Å². The fourth-order valence-corrected chi connectivity index (χ4v) is 5.39. The van der Waals surface area contributed by atoms with Crippen LogP contribution in [0.15, 0.2) is 18.7 Å². The predicted octanol–water partition coefficient (Wildman–Crippen LogP) is -5.25. The number of carboxylic acids is 1. The van der Waals surface area contributed by atoms with E-state index < -0.39 is 37.9 Å². The number of nitrogens with zero attached hydrogens (tertiary/aromatic N) is 3. The van der Waals surface area contributed by atoms with Crippen LogP contribution >= 0.6 is 0 Å². The molecule has 0 radical (unpaired) electrons. The van der Waals surface area contributed by atoms with E-state index in [4.69, 9.17) is 0 Å². The van der Waals surface area contributed by atoms with Crippen LogP contribution in [0.3, 0.4) is 0 Å². The number of carbonyl (C=O) groups is 2. The van der Waals surface area contributed by atoms with Crippen LogP contribution in [0.1, 0.15) is 13.3 Å². The van der Waals surface area contributed by atoms with Crippen molar-refractivity contribution >= 4 is 21.7 Å². The van der Waals surface area contributed by atoms with Crippen LogP contribution in [0.4, 0.5) is 0 Å². The number of rotatable bonds is 3. The van der Waals surface area contributed by atoms with Crippen LogP contribution in [0.25, 0.3) is 0 Å². The Morgan fingerprint density at radius 1 is 1.57 bits per heavy atom. The molecule has 0 aromatic carbocycles. The third-order valence-electron chi connectivity index (χ3n) is 4.09. The monoisotopic (exact) mass is 321 g/mol. The minimum Gasteiger partial charge on any atom is -0.548 e. The number of amides is 1. The summed E-state index contributed by atoms with van der Waals surface area (Å²) in [6.07, 6.45) is 4.26. The number of aromatic nitrogens is 2.